The van der Waals surface area contributed by atoms with Gasteiger partial charge in [-0.3, -0.25) is 19.5 Å². The summed E-state index contributed by atoms with van der Waals surface area (Å²) >= 11 is 0. The van der Waals surface area contributed by atoms with Crippen LogP contribution in [0.25, 0.3) is 11.1 Å². The SMILES string of the molecule is CC1=CC=CC2=NC(C(=O)NC3CCC(NC(=O)c4cc(F)cnc4Oc4cccc(-c5ccc(CN6CCCN(C)CC6)cc5)c4)CC3)CN12. The highest BCUT2D eigenvalue weighted by molar-refractivity contribution is 6.00. The number of allylic oxidation sites excluding steroid dienone is 3. The molecule has 4 aliphatic rings. The number of carbonyl (C=O) groups is 2. The summed E-state index contributed by atoms with van der Waals surface area (Å²) in [6.07, 6.45) is 10.9. The number of amidine groups is 1. The number of carbonyl (C=O) groups excluding carboxylic acids is 2. The zero-order valence-corrected chi connectivity index (χ0v) is 29.4. The molecule has 7 rings (SSSR count). The van der Waals surface area contributed by atoms with Crippen LogP contribution in [0.15, 0.2) is 89.7 Å². The van der Waals surface area contributed by atoms with Gasteiger partial charge >= 0.3 is 0 Å². The third-order valence-electron chi connectivity index (χ3n) is 10.3. The van der Waals surface area contributed by atoms with Gasteiger partial charge in [-0.2, -0.15) is 0 Å². The monoisotopic (exact) mass is 691 g/mol. The zero-order valence-electron chi connectivity index (χ0n) is 29.4. The maximum Gasteiger partial charge on any atom is 0.257 e. The maximum absolute atomic E-state index is 14.4. The highest BCUT2D eigenvalue weighted by Crippen LogP contribution is 2.30. The van der Waals surface area contributed by atoms with Gasteiger partial charge in [0.2, 0.25) is 11.8 Å². The molecule has 1 saturated carbocycles. The minimum atomic E-state index is -0.618. The van der Waals surface area contributed by atoms with Crippen LogP contribution in [-0.4, -0.2) is 95.2 Å². The molecule has 4 heterocycles. The van der Waals surface area contributed by atoms with Crippen molar-refractivity contribution in [1.29, 1.82) is 0 Å². The second-order valence-corrected chi connectivity index (χ2v) is 14.1. The number of hydrogen-bond acceptors (Lipinski definition) is 8. The number of hydrogen-bond donors (Lipinski definition) is 2. The van der Waals surface area contributed by atoms with Crippen molar-refractivity contribution in [3.05, 3.63) is 102 Å². The third kappa shape index (κ3) is 8.54. The number of ether oxygens (including phenoxy) is 1. The van der Waals surface area contributed by atoms with Crippen LogP contribution < -0.4 is 15.4 Å². The highest BCUT2D eigenvalue weighted by atomic mass is 19.1. The summed E-state index contributed by atoms with van der Waals surface area (Å²) in [6, 6.07) is 16.8. The molecule has 1 aromatic heterocycles. The van der Waals surface area contributed by atoms with Crippen LogP contribution in [0, 0.1) is 5.82 Å². The molecule has 3 aromatic rings. The van der Waals surface area contributed by atoms with Gasteiger partial charge in [0.1, 0.15) is 29.0 Å². The zero-order chi connectivity index (χ0) is 35.3. The molecule has 2 fully saturated rings. The van der Waals surface area contributed by atoms with E-state index >= 15 is 0 Å². The summed E-state index contributed by atoms with van der Waals surface area (Å²) in [6.45, 7) is 7.90. The Balaban J connectivity index is 0.932. The first kappa shape index (κ1) is 34.6. The van der Waals surface area contributed by atoms with Crippen LogP contribution in [0.3, 0.4) is 0 Å². The molecular weight excluding hydrogens is 645 g/mol. The fourth-order valence-electron chi connectivity index (χ4n) is 7.28. The molecule has 51 heavy (non-hydrogen) atoms. The quantitative estimate of drug-likeness (QED) is 0.304. The first-order valence-corrected chi connectivity index (χ1v) is 18.0. The van der Waals surface area contributed by atoms with Crippen molar-refractivity contribution in [3.63, 3.8) is 0 Å². The van der Waals surface area contributed by atoms with E-state index in [4.69, 9.17) is 4.74 Å². The Bertz CT molecular complexity index is 1830. The largest absolute Gasteiger partial charge is 0.438 e. The Labute approximate surface area is 299 Å². The molecular formula is C40H46FN7O3. The predicted octanol–water partition coefficient (Wildman–Crippen LogP) is 5.53. The van der Waals surface area contributed by atoms with Crippen molar-refractivity contribution in [3.8, 4) is 22.8 Å². The lowest BCUT2D eigenvalue weighted by Gasteiger charge is -2.30. The summed E-state index contributed by atoms with van der Waals surface area (Å²) in [5, 5.41) is 6.21. The fourth-order valence-corrected chi connectivity index (χ4v) is 7.28. The summed E-state index contributed by atoms with van der Waals surface area (Å²) in [5.74, 6) is 0.229. The van der Waals surface area contributed by atoms with Crippen molar-refractivity contribution < 1.29 is 18.7 Å². The molecule has 3 aliphatic heterocycles. The van der Waals surface area contributed by atoms with E-state index in [9.17, 15) is 14.0 Å². The second-order valence-electron chi connectivity index (χ2n) is 14.1. The van der Waals surface area contributed by atoms with Crippen molar-refractivity contribution in [2.45, 2.75) is 63.7 Å². The number of halogens is 1. The number of aliphatic imine (C=N–C) groups is 1. The number of rotatable bonds is 9. The van der Waals surface area contributed by atoms with E-state index in [2.05, 4.69) is 66.6 Å². The van der Waals surface area contributed by atoms with Gasteiger partial charge in [-0.05, 0) is 106 Å². The van der Waals surface area contributed by atoms with Gasteiger partial charge in [-0.25, -0.2) is 9.37 Å². The molecule has 1 atom stereocenters. The minimum absolute atomic E-state index is 0.00965. The summed E-state index contributed by atoms with van der Waals surface area (Å²) in [5.41, 5.74) is 4.41. The van der Waals surface area contributed by atoms with Crippen molar-refractivity contribution in [1.82, 2.24) is 30.3 Å². The first-order valence-electron chi connectivity index (χ1n) is 18.0. The van der Waals surface area contributed by atoms with E-state index in [-0.39, 0.29) is 29.4 Å². The van der Waals surface area contributed by atoms with E-state index < -0.39 is 17.8 Å². The molecule has 0 spiro atoms. The van der Waals surface area contributed by atoms with Gasteiger partial charge in [0.25, 0.3) is 5.91 Å². The number of fused-ring (bicyclic) bond motifs is 1. The van der Waals surface area contributed by atoms with Crippen LogP contribution >= 0.6 is 0 Å². The van der Waals surface area contributed by atoms with Gasteiger partial charge in [0.05, 0.1) is 12.7 Å². The predicted molar refractivity (Wildman–Crippen MR) is 196 cm³/mol. The van der Waals surface area contributed by atoms with Gasteiger partial charge in [-0.1, -0.05) is 42.5 Å². The number of likely N-dealkylation sites (N-methyl/N-ethyl adjacent to an activating group) is 1. The maximum atomic E-state index is 14.4. The Morgan fingerprint density at radius 3 is 2.51 bits per heavy atom. The van der Waals surface area contributed by atoms with Crippen molar-refractivity contribution in [2.24, 2.45) is 4.99 Å². The Hall–Kier alpha value is -4.87. The lowest BCUT2D eigenvalue weighted by molar-refractivity contribution is -0.123. The normalized spacial score (nSPS) is 22.4. The summed E-state index contributed by atoms with van der Waals surface area (Å²) < 4.78 is 20.5. The number of aromatic nitrogens is 1. The van der Waals surface area contributed by atoms with Crippen LogP contribution in [0.1, 0.15) is 54.9 Å². The molecule has 11 heteroatoms. The second kappa shape index (κ2) is 15.6. The number of nitrogens with one attached hydrogen (secondary N) is 2. The van der Waals surface area contributed by atoms with E-state index in [1.54, 1.807) is 6.07 Å². The smallest absolute Gasteiger partial charge is 0.257 e. The van der Waals surface area contributed by atoms with E-state index in [1.807, 2.05) is 43.4 Å². The van der Waals surface area contributed by atoms with Crippen molar-refractivity contribution in [2.75, 3.05) is 39.8 Å². The van der Waals surface area contributed by atoms with Crippen LogP contribution in [0.4, 0.5) is 4.39 Å². The Kier molecular flexibility index (Phi) is 10.6. The van der Waals surface area contributed by atoms with Gasteiger partial charge in [-0.15, -0.1) is 0 Å². The molecule has 1 saturated heterocycles. The standard InChI is InChI=1S/C40H46FN7O3/c1-27-6-3-9-37-45-36(26-48(27)37)39(50)44-33-16-14-32(15-17-33)43-38(49)35-23-31(41)24-42-40(35)51-34-8-4-7-30(22-34)29-12-10-28(11-13-29)25-47-19-5-18-46(2)20-21-47/h3-4,6-13,22-24,32-33,36H,5,14-21,25-26H2,1-2H3,(H,43,49)(H,44,50). The Morgan fingerprint density at radius 1 is 0.941 bits per heavy atom. The lowest BCUT2D eigenvalue weighted by Crippen LogP contribution is -2.47. The van der Waals surface area contributed by atoms with Crippen LogP contribution in [-0.2, 0) is 11.3 Å². The molecule has 0 radical (unpaired) electrons. The van der Waals surface area contributed by atoms with E-state index in [0.717, 1.165) is 80.5 Å². The molecule has 1 aliphatic carbocycles. The summed E-state index contributed by atoms with van der Waals surface area (Å²) in [4.78, 5) is 42.2. The Morgan fingerprint density at radius 2 is 1.73 bits per heavy atom. The van der Waals surface area contributed by atoms with Crippen LogP contribution in [0.2, 0.25) is 0 Å². The third-order valence-corrected chi connectivity index (χ3v) is 10.3. The molecule has 2 amide bonds. The topological polar surface area (TPSA) is 102 Å². The first-order chi connectivity index (χ1) is 24.8. The number of nitrogens with zero attached hydrogens (tertiary/aromatic N) is 5. The molecule has 2 aromatic carbocycles. The molecule has 1 unspecified atom stereocenters. The summed E-state index contributed by atoms with van der Waals surface area (Å²) in [7, 11) is 2.18. The van der Waals surface area contributed by atoms with Crippen molar-refractivity contribution >= 4 is 17.6 Å². The van der Waals surface area contributed by atoms with E-state index in [1.165, 1.54) is 12.0 Å². The molecule has 2 N–H and O–H groups in total. The minimum Gasteiger partial charge on any atom is -0.438 e. The number of pyridine rings is 1. The van der Waals surface area contributed by atoms with Gasteiger partial charge in [0, 0.05) is 37.4 Å². The van der Waals surface area contributed by atoms with Crippen LogP contribution in [0.5, 0.6) is 11.6 Å². The number of benzene rings is 2. The lowest BCUT2D eigenvalue weighted by atomic mass is 9.90. The van der Waals surface area contributed by atoms with Gasteiger partial charge in [0.15, 0.2) is 0 Å². The van der Waals surface area contributed by atoms with Gasteiger partial charge < -0.3 is 25.2 Å². The highest BCUT2D eigenvalue weighted by Gasteiger charge is 2.33. The molecule has 266 valence electrons. The van der Waals surface area contributed by atoms with E-state index in [0.29, 0.717) is 25.1 Å². The molecule has 0 bridgehead atoms. The molecule has 10 nitrogen and oxygen atoms in total. The average Bonchev–Trinajstić information content (AvgIpc) is 3.48. The average molecular weight is 692 g/mol. The fraction of sp³-hybridized carbons (Fsp3) is 0.400. The number of amides is 2.